The van der Waals surface area contributed by atoms with Gasteiger partial charge in [-0.1, -0.05) is 0 Å². The van der Waals surface area contributed by atoms with Crippen molar-refractivity contribution < 1.29 is 27.5 Å². The lowest BCUT2D eigenvalue weighted by molar-refractivity contribution is -0.119. The number of esters is 1. The summed E-state index contributed by atoms with van der Waals surface area (Å²) in [7, 11) is -3.82. The number of sulfonamides is 1. The van der Waals surface area contributed by atoms with Crippen LogP contribution in [0.3, 0.4) is 0 Å². The zero-order valence-electron chi connectivity index (χ0n) is 15.2. The Bertz CT molecular complexity index is 1080. The van der Waals surface area contributed by atoms with Gasteiger partial charge in [0.05, 0.1) is 21.4 Å². The highest BCUT2D eigenvalue weighted by molar-refractivity contribution is 8.01. The van der Waals surface area contributed by atoms with Crippen LogP contribution in [0.15, 0.2) is 52.3 Å². The minimum absolute atomic E-state index is 0.0889. The number of benzene rings is 2. The number of amides is 2. The fourth-order valence-corrected chi connectivity index (χ4v) is 3.92. The molecule has 0 unspecified atom stereocenters. The smallest absolute Gasteiger partial charge is 0.338 e. The molecule has 1 aliphatic heterocycles. The molecule has 2 aromatic carbocycles. The van der Waals surface area contributed by atoms with Gasteiger partial charge in [0.15, 0.2) is 6.61 Å². The molecule has 9 nitrogen and oxygen atoms in total. The largest absolute Gasteiger partial charge is 0.452 e. The molecule has 0 saturated carbocycles. The molecule has 0 aliphatic carbocycles. The molecule has 0 radical (unpaired) electrons. The molecule has 0 spiro atoms. The predicted molar refractivity (Wildman–Crippen MR) is 107 cm³/mol. The van der Waals surface area contributed by atoms with E-state index in [0.29, 0.717) is 11.4 Å². The van der Waals surface area contributed by atoms with Crippen molar-refractivity contribution in [1.82, 2.24) is 0 Å². The van der Waals surface area contributed by atoms with E-state index >= 15 is 0 Å². The van der Waals surface area contributed by atoms with E-state index in [1.165, 1.54) is 42.1 Å². The summed E-state index contributed by atoms with van der Waals surface area (Å²) >= 11 is 1.39. The van der Waals surface area contributed by atoms with Crippen molar-refractivity contribution in [2.75, 3.05) is 17.2 Å². The number of rotatable bonds is 5. The Hall–Kier alpha value is -2.89. The maximum absolute atomic E-state index is 12.2. The maximum atomic E-state index is 12.2. The number of ether oxygens (including phenoxy) is 1. The van der Waals surface area contributed by atoms with Crippen molar-refractivity contribution in [2.45, 2.75) is 22.0 Å². The van der Waals surface area contributed by atoms with Crippen molar-refractivity contribution >= 4 is 50.9 Å². The summed E-state index contributed by atoms with van der Waals surface area (Å²) < 4.78 is 27.4. The quantitative estimate of drug-likeness (QED) is 0.604. The lowest BCUT2D eigenvalue weighted by atomic mass is 10.2. The summed E-state index contributed by atoms with van der Waals surface area (Å²) in [5, 5.41) is 9.98. The average Bonchev–Trinajstić information content (AvgIpc) is 2.66. The highest BCUT2D eigenvalue weighted by Crippen LogP contribution is 2.36. The molecule has 3 rings (SSSR count). The first-order chi connectivity index (χ1) is 13.6. The summed E-state index contributed by atoms with van der Waals surface area (Å²) in [5.41, 5.74) is 1.04. The number of nitrogens with one attached hydrogen (secondary N) is 2. The Labute approximate surface area is 171 Å². The Kier molecular flexibility index (Phi) is 5.91. The minimum Gasteiger partial charge on any atom is -0.452 e. The lowest BCUT2D eigenvalue weighted by Crippen LogP contribution is -2.26. The van der Waals surface area contributed by atoms with Gasteiger partial charge < -0.3 is 15.4 Å². The van der Waals surface area contributed by atoms with Crippen LogP contribution in [0.25, 0.3) is 0 Å². The molecule has 1 aliphatic rings. The zero-order chi connectivity index (χ0) is 21.2. The van der Waals surface area contributed by atoms with E-state index in [1.54, 1.807) is 19.1 Å². The molecule has 29 heavy (non-hydrogen) atoms. The van der Waals surface area contributed by atoms with Gasteiger partial charge in [0, 0.05) is 10.6 Å². The van der Waals surface area contributed by atoms with Crippen LogP contribution >= 0.6 is 11.8 Å². The molecule has 2 amide bonds. The summed E-state index contributed by atoms with van der Waals surface area (Å²) in [6, 6.07) is 9.99. The molecule has 0 saturated heterocycles. The zero-order valence-corrected chi connectivity index (χ0v) is 16.8. The summed E-state index contributed by atoms with van der Waals surface area (Å²) in [6.07, 6.45) is 0. The second kappa shape index (κ2) is 8.23. The van der Waals surface area contributed by atoms with E-state index in [-0.39, 0.29) is 21.6 Å². The van der Waals surface area contributed by atoms with Crippen molar-refractivity contribution in [3.63, 3.8) is 0 Å². The van der Waals surface area contributed by atoms with Gasteiger partial charge in [-0.3, -0.25) is 9.59 Å². The molecular weight excluding hydrogens is 418 g/mol. The molecular formula is C18H17N3O6S2. The van der Waals surface area contributed by atoms with Crippen molar-refractivity contribution in [2.24, 2.45) is 5.14 Å². The topological polar surface area (TPSA) is 145 Å². The third kappa shape index (κ3) is 5.13. The third-order valence-electron chi connectivity index (χ3n) is 3.95. The molecule has 4 N–H and O–H groups in total. The Morgan fingerprint density at radius 2 is 1.90 bits per heavy atom. The summed E-state index contributed by atoms with van der Waals surface area (Å²) in [6.45, 7) is 1.25. The molecule has 0 bridgehead atoms. The highest BCUT2D eigenvalue weighted by Gasteiger charge is 2.24. The number of hydrogen-bond acceptors (Lipinski definition) is 7. The number of anilines is 2. The monoisotopic (exact) mass is 435 g/mol. The van der Waals surface area contributed by atoms with Gasteiger partial charge in [-0.15, -0.1) is 11.8 Å². The number of carbonyl (C=O) groups excluding carboxylic acids is 3. The molecule has 2 aromatic rings. The van der Waals surface area contributed by atoms with Gasteiger partial charge in [0.1, 0.15) is 0 Å². The van der Waals surface area contributed by atoms with Gasteiger partial charge in [0.25, 0.3) is 5.91 Å². The van der Waals surface area contributed by atoms with Crippen molar-refractivity contribution in [1.29, 1.82) is 0 Å². The second-order valence-electron chi connectivity index (χ2n) is 6.15. The van der Waals surface area contributed by atoms with Crippen LogP contribution in [0.5, 0.6) is 0 Å². The van der Waals surface area contributed by atoms with Crippen LogP contribution in [0.2, 0.25) is 0 Å². The van der Waals surface area contributed by atoms with Crippen LogP contribution < -0.4 is 15.8 Å². The van der Waals surface area contributed by atoms with Crippen LogP contribution in [-0.2, 0) is 24.3 Å². The molecule has 152 valence electrons. The van der Waals surface area contributed by atoms with Gasteiger partial charge in [-0.25, -0.2) is 18.4 Å². The van der Waals surface area contributed by atoms with Gasteiger partial charge >= 0.3 is 5.97 Å². The van der Waals surface area contributed by atoms with E-state index in [4.69, 9.17) is 9.88 Å². The van der Waals surface area contributed by atoms with E-state index in [0.717, 1.165) is 4.90 Å². The molecule has 11 heteroatoms. The van der Waals surface area contributed by atoms with Crippen LogP contribution in [-0.4, -0.2) is 38.1 Å². The maximum Gasteiger partial charge on any atom is 0.338 e. The Balaban J connectivity index is 1.57. The van der Waals surface area contributed by atoms with Crippen LogP contribution in [0, 0.1) is 0 Å². The number of primary sulfonamides is 1. The van der Waals surface area contributed by atoms with Crippen molar-refractivity contribution in [3.05, 3.63) is 48.0 Å². The number of carbonyl (C=O) groups is 3. The Morgan fingerprint density at radius 1 is 1.21 bits per heavy atom. The normalized spacial score (nSPS) is 15.8. The highest BCUT2D eigenvalue weighted by atomic mass is 32.2. The summed E-state index contributed by atoms with van der Waals surface area (Å²) in [4.78, 5) is 36.7. The lowest BCUT2D eigenvalue weighted by Gasteiger charge is -2.21. The number of fused-ring (bicyclic) bond motifs is 1. The van der Waals surface area contributed by atoms with E-state index in [2.05, 4.69) is 10.6 Å². The van der Waals surface area contributed by atoms with E-state index in [9.17, 15) is 22.8 Å². The predicted octanol–water partition coefficient (Wildman–Crippen LogP) is 1.56. The standard InChI is InChI=1S/C18H17N3O6S2/c1-10-17(23)21-14-8-11(2-7-15(14)28-10)18(24)27-9-16(22)20-12-3-5-13(6-4-12)29(19,25)26/h2-8,10H,9H2,1H3,(H,20,22)(H,21,23)(H2,19,25,26)/t10-/m0/s1. The molecule has 1 atom stereocenters. The van der Waals surface area contributed by atoms with Crippen LogP contribution in [0.1, 0.15) is 17.3 Å². The second-order valence-corrected chi connectivity index (χ2v) is 9.10. The number of thioether (sulfide) groups is 1. The first kappa shape index (κ1) is 20.8. The molecule has 1 heterocycles. The van der Waals surface area contributed by atoms with Gasteiger partial charge in [-0.2, -0.15) is 0 Å². The Morgan fingerprint density at radius 3 is 2.55 bits per heavy atom. The first-order valence-electron chi connectivity index (χ1n) is 8.35. The third-order valence-corrected chi connectivity index (χ3v) is 6.05. The van der Waals surface area contributed by atoms with E-state index in [1.807, 2.05) is 0 Å². The number of hydrogen-bond donors (Lipinski definition) is 3. The molecule has 0 aromatic heterocycles. The minimum atomic E-state index is -3.82. The fourth-order valence-electron chi connectivity index (χ4n) is 2.48. The number of nitrogens with two attached hydrogens (primary N) is 1. The average molecular weight is 435 g/mol. The van der Waals surface area contributed by atoms with Gasteiger partial charge in [0.2, 0.25) is 15.9 Å². The van der Waals surface area contributed by atoms with Crippen molar-refractivity contribution in [3.8, 4) is 0 Å². The van der Waals surface area contributed by atoms with Gasteiger partial charge in [-0.05, 0) is 49.4 Å². The first-order valence-corrected chi connectivity index (χ1v) is 10.8. The SMILES string of the molecule is C[C@@H]1Sc2ccc(C(=O)OCC(=O)Nc3ccc(S(N)(=O)=O)cc3)cc2NC1=O. The van der Waals surface area contributed by atoms with Crippen LogP contribution in [0.4, 0.5) is 11.4 Å². The fraction of sp³-hybridized carbons (Fsp3) is 0.167. The molecule has 0 fully saturated rings. The summed E-state index contributed by atoms with van der Waals surface area (Å²) in [5.74, 6) is -1.47. The van der Waals surface area contributed by atoms with E-state index < -0.39 is 28.5 Å².